The smallest absolute Gasteiger partial charge is 0.266 e. The molecule has 2 aliphatic rings. The van der Waals surface area contributed by atoms with Crippen LogP contribution in [0.15, 0.2) is 11.8 Å². The largest absolute Gasteiger partial charge is 0.376 e. The van der Waals surface area contributed by atoms with E-state index in [1.807, 2.05) is 11.0 Å². The number of primary amides is 1. The highest BCUT2D eigenvalue weighted by molar-refractivity contribution is 5.97. The van der Waals surface area contributed by atoms with Gasteiger partial charge >= 0.3 is 0 Å². The standard InChI is InChI=1S/C16H24N4O2/c1-12-2-8-20(9-3-12)16(22)14(10-17)11-19-6-4-13(5-7-19)15(18)21/h11-13H,2-9H2,1H3,(H2,18,21)/b14-11-. The van der Waals surface area contributed by atoms with Gasteiger partial charge in [0.1, 0.15) is 11.6 Å². The van der Waals surface area contributed by atoms with Crippen LogP contribution >= 0.6 is 0 Å². The van der Waals surface area contributed by atoms with Crippen molar-refractivity contribution in [2.75, 3.05) is 26.2 Å². The highest BCUT2D eigenvalue weighted by Gasteiger charge is 2.25. The van der Waals surface area contributed by atoms with Crippen LogP contribution in [0.4, 0.5) is 0 Å². The van der Waals surface area contributed by atoms with Crippen LogP contribution in [0.1, 0.15) is 32.6 Å². The fraction of sp³-hybridized carbons (Fsp3) is 0.688. The summed E-state index contributed by atoms with van der Waals surface area (Å²) in [5, 5.41) is 9.28. The number of hydrogen-bond acceptors (Lipinski definition) is 4. The van der Waals surface area contributed by atoms with Gasteiger partial charge in [-0.15, -0.1) is 0 Å². The third-order valence-electron chi connectivity index (χ3n) is 4.67. The highest BCUT2D eigenvalue weighted by atomic mass is 16.2. The van der Waals surface area contributed by atoms with E-state index in [0.29, 0.717) is 31.8 Å². The Balaban J connectivity index is 1.95. The van der Waals surface area contributed by atoms with Gasteiger partial charge in [-0.3, -0.25) is 9.59 Å². The van der Waals surface area contributed by atoms with Gasteiger partial charge in [-0.1, -0.05) is 6.92 Å². The van der Waals surface area contributed by atoms with Gasteiger partial charge in [-0.25, -0.2) is 0 Å². The number of amides is 2. The van der Waals surface area contributed by atoms with E-state index >= 15 is 0 Å². The molecule has 0 aliphatic carbocycles. The molecule has 6 heteroatoms. The normalized spacial score (nSPS) is 21.5. The van der Waals surface area contributed by atoms with Crippen molar-refractivity contribution in [2.45, 2.75) is 32.6 Å². The molecule has 0 aromatic rings. The van der Waals surface area contributed by atoms with Gasteiger partial charge in [0.05, 0.1) is 0 Å². The minimum absolute atomic E-state index is 0.0885. The Morgan fingerprint density at radius 3 is 2.23 bits per heavy atom. The lowest BCUT2D eigenvalue weighted by molar-refractivity contribution is -0.128. The first-order valence-corrected chi connectivity index (χ1v) is 7.95. The number of carbonyl (C=O) groups is 2. The van der Waals surface area contributed by atoms with E-state index < -0.39 is 0 Å². The Kier molecular flexibility index (Phi) is 5.42. The summed E-state index contributed by atoms with van der Waals surface area (Å²) in [5.41, 5.74) is 5.50. The van der Waals surface area contributed by atoms with Gasteiger partial charge in [-0.2, -0.15) is 5.26 Å². The number of carbonyl (C=O) groups excluding carboxylic acids is 2. The molecule has 2 saturated heterocycles. The minimum Gasteiger partial charge on any atom is -0.376 e. The summed E-state index contributed by atoms with van der Waals surface area (Å²) >= 11 is 0. The summed E-state index contributed by atoms with van der Waals surface area (Å²) in [5.74, 6) is 0.120. The SMILES string of the molecule is CC1CCN(C(=O)/C(C#N)=C\N2CCC(C(N)=O)CC2)CC1. The molecule has 0 saturated carbocycles. The molecule has 2 amide bonds. The summed E-state index contributed by atoms with van der Waals surface area (Å²) < 4.78 is 0. The summed E-state index contributed by atoms with van der Waals surface area (Å²) in [4.78, 5) is 27.3. The first-order chi connectivity index (χ1) is 10.5. The van der Waals surface area contributed by atoms with Gasteiger partial charge in [0, 0.05) is 38.3 Å². The lowest BCUT2D eigenvalue weighted by Crippen LogP contribution is -2.40. The topological polar surface area (TPSA) is 90.4 Å². The van der Waals surface area contributed by atoms with Crippen molar-refractivity contribution >= 4 is 11.8 Å². The summed E-state index contributed by atoms with van der Waals surface area (Å²) in [6, 6.07) is 2.03. The van der Waals surface area contributed by atoms with E-state index in [2.05, 4.69) is 6.92 Å². The maximum atomic E-state index is 12.4. The molecule has 0 aromatic heterocycles. The van der Waals surface area contributed by atoms with Crippen molar-refractivity contribution in [1.29, 1.82) is 5.26 Å². The van der Waals surface area contributed by atoms with E-state index in [1.54, 1.807) is 11.1 Å². The molecule has 2 aliphatic heterocycles. The maximum Gasteiger partial charge on any atom is 0.266 e. The van der Waals surface area contributed by atoms with Crippen LogP contribution < -0.4 is 5.73 Å². The molecule has 2 fully saturated rings. The van der Waals surface area contributed by atoms with Gasteiger partial charge in [0.2, 0.25) is 5.91 Å². The summed E-state index contributed by atoms with van der Waals surface area (Å²) in [7, 11) is 0. The molecule has 0 spiro atoms. The van der Waals surface area contributed by atoms with Crippen LogP contribution in [0.2, 0.25) is 0 Å². The number of nitrogens with zero attached hydrogens (tertiary/aromatic N) is 3. The van der Waals surface area contributed by atoms with E-state index in [9.17, 15) is 14.9 Å². The van der Waals surface area contributed by atoms with E-state index in [0.717, 1.165) is 25.9 Å². The second-order valence-electron chi connectivity index (χ2n) is 6.34. The molecule has 2 N–H and O–H groups in total. The second kappa shape index (κ2) is 7.30. The Morgan fingerprint density at radius 1 is 1.14 bits per heavy atom. The molecule has 2 heterocycles. The Hall–Kier alpha value is -2.03. The average molecular weight is 304 g/mol. The first kappa shape index (κ1) is 16.3. The molecule has 0 atom stereocenters. The van der Waals surface area contributed by atoms with Crippen LogP contribution in [0.25, 0.3) is 0 Å². The predicted molar refractivity (Wildman–Crippen MR) is 82.2 cm³/mol. The Bertz CT molecular complexity index is 493. The predicted octanol–water partition coefficient (Wildman–Crippen LogP) is 0.850. The van der Waals surface area contributed by atoms with Gasteiger partial charge in [-0.05, 0) is 31.6 Å². The minimum atomic E-state index is -0.261. The molecule has 2 rings (SSSR count). The molecule has 0 bridgehead atoms. The zero-order valence-electron chi connectivity index (χ0n) is 13.1. The lowest BCUT2D eigenvalue weighted by Gasteiger charge is -2.32. The van der Waals surface area contributed by atoms with Crippen LogP contribution in [0.3, 0.4) is 0 Å². The number of likely N-dealkylation sites (tertiary alicyclic amines) is 2. The van der Waals surface area contributed by atoms with Crippen molar-refractivity contribution in [3.63, 3.8) is 0 Å². The van der Waals surface area contributed by atoms with Crippen LogP contribution in [-0.2, 0) is 9.59 Å². The van der Waals surface area contributed by atoms with Gasteiger partial charge in [0.15, 0.2) is 0 Å². The van der Waals surface area contributed by atoms with Crippen LogP contribution in [0, 0.1) is 23.2 Å². The quantitative estimate of drug-likeness (QED) is 0.618. The van der Waals surface area contributed by atoms with Crippen LogP contribution in [-0.4, -0.2) is 47.8 Å². The molecule has 0 unspecified atom stereocenters. The van der Waals surface area contributed by atoms with Gasteiger partial charge in [0.25, 0.3) is 5.91 Å². The second-order valence-corrected chi connectivity index (χ2v) is 6.34. The van der Waals surface area contributed by atoms with Crippen molar-refractivity contribution in [3.05, 3.63) is 11.8 Å². The number of rotatable bonds is 3. The third-order valence-corrected chi connectivity index (χ3v) is 4.67. The zero-order chi connectivity index (χ0) is 16.1. The van der Waals surface area contributed by atoms with Gasteiger partial charge < -0.3 is 15.5 Å². The van der Waals surface area contributed by atoms with E-state index in [-0.39, 0.29) is 23.3 Å². The Labute approximate surface area is 131 Å². The monoisotopic (exact) mass is 304 g/mol. The molecule has 120 valence electrons. The van der Waals surface area contributed by atoms with Crippen LogP contribution in [0.5, 0.6) is 0 Å². The molecule has 0 radical (unpaired) electrons. The zero-order valence-corrected chi connectivity index (χ0v) is 13.1. The number of hydrogen-bond donors (Lipinski definition) is 1. The average Bonchev–Trinajstić information content (AvgIpc) is 2.53. The van der Waals surface area contributed by atoms with Crippen molar-refractivity contribution in [2.24, 2.45) is 17.6 Å². The number of piperidine rings is 2. The third kappa shape index (κ3) is 4.00. The highest BCUT2D eigenvalue weighted by Crippen LogP contribution is 2.20. The van der Waals surface area contributed by atoms with E-state index in [1.165, 1.54) is 0 Å². The molecular weight excluding hydrogens is 280 g/mol. The lowest BCUT2D eigenvalue weighted by atomic mass is 9.96. The van der Waals surface area contributed by atoms with Crippen molar-refractivity contribution in [1.82, 2.24) is 9.80 Å². The molecule has 0 aromatic carbocycles. The fourth-order valence-electron chi connectivity index (χ4n) is 3.01. The molecule has 22 heavy (non-hydrogen) atoms. The van der Waals surface area contributed by atoms with E-state index in [4.69, 9.17) is 5.73 Å². The number of nitriles is 1. The maximum absolute atomic E-state index is 12.4. The summed E-state index contributed by atoms with van der Waals surface area (Å²) in [6.45, 7) is 4.95. The first-order valence-electron chi connectivity index (χ1n) is 7.95. The Morgan fingerprint density at radius 2 is 1.73 bits per heavy atom. The number of nitrogens with two attached hydrogens (primary N) is 1. The molecular formula is C16H24N4O2. The van der Waals surface area contributed by atoms with Crippen molar-refractivity contribution in [3.8, 4) is 6.07 Å². The molecule has 6 nitrogen and oxygen atoms in total. The fourth-order valence-corrected chi connectivity index (χ4v) is 3.01. The van der Waals surface area contributed by atoms with Crippen molar-refractivity contribution < 1.29 is 9.59 Å². The summed E-state index contributed by atoms with van der Waals surface area (Å²) in [6.07, 6.45) is 5.00.